The van der Waals surface area contributed by atoms with Crippen LogP contribution in [-0.2, 0) is 10.0 Å². The van der Waals surface area contributed by atoms with Gasteiger partial charge in [-0.2, -0.15) is 0 Å². The molecule has 0 amide bonds. The molecule has 2 rings (SSSR count). The molecule has 0 aromatic heterocycles. The minimum Gasteiger partial charge on any atom is -0.398 e. The molecule has 1 aromatic carbocycles. The summed E-state index contributed by atoms with van der Waals surface area (Å²) >= 11 is 2.98. The van der Waals surface area contributed by atoms with Crippen LogP contribution in [0.3, 0.4) is 0 Å². The number of anilines is 1. The molecule has 20 heavy (non-hydrogen) atoms. The predicted molar refractivity (Wildman–Crippen MR) is 80.2 cm³/mol. The first kappa shape index (κ1) is 15.7. The highest BCUT2D eigenvalue weighted by Crippen LogP contribution is 2.31. The van der Waals surface area contributed by atoms with Crippen LogP contribution in [0.25, 0.3) is 0 Å². The van der Waals surface area contributed by atoms with Crippen molar-refractivity contribution in [1.29, 1.82) is 0 Å². The SMILES string of the molecule is CC1CCCC1CNS(=O)(=O)c1cc(Br)c(F)cc1N. The zero-order chi connectivity index (χ0) is 14.9. The summed E-state index contributed by atoms with van der Waals surface area (Å²) in [6, 6.07) is 2.21. The molecule has 0 heterocycles. The Balaban J connectivity index is 2.16. The number of hydrogen-bond donors (Lipinski definition) is 2. The Morgan fingerprint density at radius 1 is 1.45 bits per heavy atom. The van der Waals surface area contributed by atoms with Gasteiger partial charge in [-0.3, -0.25) is 0 Å². The van der Waals surface area contributed by atoms with Crippen molar-refractivity contribution in [2.24, 2.45) is 11.8 Å². The number of sulfonamides is 1. The first-order chi connectivity index (χ1) is 9.31. The Kier molecular flexibility index (Phi) is 4.71. The monoisotopic (exact) mass is 364 g/mol. The number of nitrogens with one attached hydrogen (secondary N) is 1. The second kappa shape index (κ2) is 5.99. The molecule has 0 saturated heterocycles. The molecule has 4 nitrogen and oxygen atoms in total. The fourth-order valence-corrected chi connectivity index (χ4v) is 4.32. The van der Waals surface area contributed by atoms with E-state index in [9.17, 15) is 12.8 Å². The van der Waals surface area contributed by atoms with Gasteiger partial charge in [0.25, 0.3) is 0 Å². The van der Waals surface area contributed by atoms with E-state index in [0.717, 1.165) is 25.3 Å². The van der Waals surface area contributed by atoms with Gasteiger partial charge in [0.2, 0.25) is 10.0 Å². The van der Waals surface area contributed by atoms with Crippen molar-refractivity contribution in [3.63, 3.8) is 0 Å². The number of nitrogens with two attached hydrogens (primary N) is 1. The van der Waals surface area contributed by atoms with Crippen LogP contribution < -0.4 is 10.5 Å². The van der Waals surface area contributed by atoms with Crippen molar-refractivity contribution in [3.8, 4) is 0 Å². The summed E-state index contributed by atoms with van der Waals surface area (Å²) in [5.41, 5.74) is 5.52. The molecule has 112 valence electrons. The van der Waals surface area contributed by atoms with Gasteiger partial charge in [-0.25, -0.2) is 17.5 Å². The first-order valence-corrected chi connectivity index (χ1v) is 8.83. The highest BCUT2D eigenvalue weighted by Gasteiger charge is 2.26. The molecule has 1 saturated carbocycles. The molecule has 1 aromatic rings. The fourth-order valence-electron chi connectivity index (χ4n) is 2.60. The minimum absolute atomic E-state index is 0.0845. The molecule has 2 unspecified atom stereocenters. The van der Waals surface area contributed by atoms with E-state index in [1.807, 2.05) is 0 Å². The molecular formula is C13H18BrFN2O2S. The molecule has 2 atom stereocenters. The molecule has 0 bridgehead atoms. The van der Waals surface area contributed by atoms with E-state index in [-0.39, 0.29) is 15.1 Å². The van der Waals surface area contributed by atoms with Gasteiger partial charge in [-0.15, -0.1) is 0 Å². The van der Waals surface area contributed by atoms with Crippen LogP contribution in [0.1, 0.15) is 26.2 Å². The molecule has 0 radical (unpaired) electrons. The lowest BCUT2D eigenvalue weighted by Crippen LogP contribution is -2.31. The summed E-state index contributed by atoms with van der Waals surface area (Å²) in [5.74, 6) is 0.302. The van der Waals surface area contributed by atoms with Crippen LogP contribution in [0.5, 0.6) is 0 Å². The molecule has 1 fully saturated rings. The maximum Gasteiger partial charge on any atom is 0.242 e. The number of nitrogen functional groups attached to an aromatic ring is 1. The molecular weight excluding hydrogens is 347 g/mol. The van der Waals surface area contributed by atoms with Gasteiger partial charge in [-0.1, -0.05) is 19.8 Å². The summed E-state index contributed by atoms with van der Waals surface area (Å²) in [7, 11) is -3.71. The maximum absolute atomic E-state index is 13.3. The fraction of sp³-hybridized carbons (Fsp3) is 0.538. The van der Waals surface area contributed by atoms with Crippen LogP contribution in [-0.4, -0.2) is 15.0 Å². The van der Waals surface area contributed by atoms with E-state index in [2.05, 4.69) is 27.6 Å². The highest BCUT2D eigenvalue weighted by molar-refractivity contribution is 9.10. The second-order valence-electron chi connectivity index (χ2n) is 5.32. The van der Waals surface area contributed by atoms with Crippen molar-refractivity contribution in [2.75, 3.05) is 12.3 Å². The normalized spacial score (nSPS) is 23.1. The molecule has 1 aliphatic carbocycles. The van der Waals surface area contributed by atoms with E-state index >= 15 is 0 Å². The summed E-state index contributed by atoms with van der Waals surface area (Å²) in [5, 5.41) is 0. The van der Waals surface area contributed by atoms with Crippen molar-refractivity contribution in [3.05, 3.63) is 22.4 Å². The number of halogens is 2. The largest absolute Gasteiger partial charge is 0.398 e. The van der Waals surface area contributed by atoms with Gasteiger partial charge in [-0.05, 0) is 46.3 Å². The Morgan fingerprint density at radius 3 is 2.75 bits per heavy atom. The van der Waals surface area contributed by atoms with Gasteiger partial charge in [0.05, 0.1) is 10.2 Å². The third kappa shape index (κ3) is 3.32. The quantitative estimate of drug-likeness (QED) is 0.806. The summed E-state index contributed by atoms with van der Waals surface area (Å²) in [6.07, 6.45) is 3.31. The van der Waals surface area contributed by atoms with E-state index in [1.54, 1.807) is 0 Å². The Hall–Kier alpha value is -0.660. The summed E-state index contributed by atoms with van der Waals surface area (Å²) in [6.45, 7) is 2.53. The van der Waals surface area contributed by atoms with Gasteiger partial charge in [0.15, 0.2) is 0 Å². The van der Waals surface area contributed by atoms with Crippen molar-refractivity contribution >= 4 is 31.6 Å². The van der Waals surface area contributed by atoms with Crippen molar-refractivity contribution < 1.29 is 12.8 Å². The van der Waals surface area contributed by atoms with Crippen LogP contribution in [0.2, 0.25) is 0 Å². The maximum atomic E-state index is 13.3. The smallest absolute Gasteiger partial charge is 0.242 e. The van der Waals surface area contributed by atoms with E-state index in [0.29, 0.717) is 18.4 Å². The average Bonchev–Trinajstić information content (AvgIpc) is 2.77. The van der Waals surface area contributed by atoms with Gasteiger partial charge < -0.3 is 5.73 Å². The zero-order valence-electron chi connectivity index (χ0n) is 11.2. The highest BCUT2D eigenvalue weighted by atomic mass is 79.9. The molecule has 3 N–H and O–H groups in total. The van der Waals surface area contributed by atoms with E-state index < -0.39 is 15.8 Å². The van der Waals surface area contributed by atoms with Gasteiger partial charge >= 0.3 is 0 Å². The lowest BCUT2D eigenvalue weighted by Gasteiger charge is -2.16. The topological polar surface area (TPSA) is 72.2 Å². The Morgan fingerprint density at radius 2 is 2.15 bits per heavy atom. The van der Waals surface area contributed by atoms with Crippen LogP contribution in [0.4, 0.5) is 10.1 Å². The number of rotatable bonds is 4. The van der Waals surface area contributed by atoms with Gasteiger partial charge in [0.1, 0.15) is 10.7 Å². The summed E-state index contributed by atoms with van der Waals surface area (Å²) < 4.78 is 40.4. The molecule has 1 aliphatic rings. The molecule has 7 heteroatoms. The zero-order valence-corrected chi connectivity index (χ0v) is 13.6. The second-order valence-corrected chi connectivity index (χ2v) is 7.91. The van der Waals surface area contributed by atoms with Crippen LogP contribution in [0, 0.1) is 17.7 Å². The minimum atomic E-state index is -3.71. The third-order valence-electron chi connectivity index (χ3n) is 3.92. The average molecular weight is 365 g/mol. The van der Waals surface area contributed by atoms with Gasteiger partial charge in [0, 0.05) is 6.54 Å². The number of hydrogen-bond acceptors (Lipinski definition) is 3. The lowest BCUT2D eigenvalue weighted by atomic mass is 9.99. The van der Waals surface area contributed by atoms with Crippen LogP contribution >= 0.6 is 15.9 Å². The van der Waals surface area contributed by atoms with Crippen LogP contribution in [0.15, 0.2) is 21.5 Å². The predicted octanol–water partition coefficient (Wildman–Crippen LogP) is 2.88. The van der Waals surface area contributed by atoms with E-state index in [4.69, 9.17) is 5.73 Å². The first-order valence-electron chi connectivity index (χ1n) is 6.55. The Labute approximate surface area is 127 Å². The van der Waals surface area contributed by atoms with E-state index in [1.165, 1.54) is 6.07 Å². The standard InChI is InChI=1S/C13H18BrFN2O2S/c1-8-3-2-4-9(8)7-17-20(18,19)13-5-10(14)11(15)6-12(13)16/h5-6,8-9,17H,2-4,7,16H2,1H3. The molecule has 0 aliphatic heterocycles. The molecule has 0 spiro atoms. The lowest BCUT2D eigenvalue weighted by molar-refractivity contribution is 0.414. The third-order valence-corrected chi connectivity index (χ3v) is 6.00. The Bertz CT molecular complexity index is 607. The summed E-state index contributed by atoms with van der Waals surface area (Å²) in [4.78, 5) is -0.0866. The number of benzene rings is 1. The van der Waals surface area contributed by atoms with Crippen molar-refractivity contribution in [2.45, 2.75) is 31.1 Å². The van der Waals surface area contributed by atoms with Crippen molar-refractivity contribution in [1.82, 2.24) is 4.72 Å².